The van der Waals surface area contributed by atoms with Gasteiger partial charge >= 0.3 is 0 Å². The number of nitrogens with zero attached hydrogens (tertiary/aromatic N) is 2. The molecule has 2 aromatic rings. The molecule has 1 heterocycles. The Morgan fingerprint density at radius 1 is 0.963 bits per heavy atom. The Balaban J connectivity index is 1.74. The molecule has 1 aliphatic carbocycles. The van der Waals surface area contributed by atoms with Crippen molar-refractivity contribution in [2.24, 2.45) is 0 Å². The second-order valence-electron chi connectivity index (χ2n) is 8.56. The van der Waals surface area contributed by atoms with Gasteiger partial charge in [0.2, 0.25) is 6.34 Å². The van der Waals surface area contributed by atoms with Crippen LogP contribution in [0.5, 0.6) is 0 Å². The maximum absolute atomic E-state index is 10.7. The maximum atomic E-state index is 10.7. The first-order valence-electron chi connectivity index (χ1n) is 10.2. The van der Waals surface area contributed by atoms with Crippen molar-refractivity contribution in [3.05, 3.63) is 64.7 Å². The molecule has 1 aliphatic heterocycles. The summed E-state index contributed by atoms with van der Waals surface area (Å²) in [5.74, 6) is 0.970. The van der Waals surface area contributed by atoms with E-state index in [-0.39, 0.29) is 12.1 Å². The topological polar surface area (TPSA) is 26.5 Å². The van der Waals surface area contributed by atoms with Crippen LogP contribution in [0.25, 0.3) is 0 Å². The third-order valence-corrected chi connectivity index (χ3v) is 6.04. The molecule has 2 aliphatic rings. The largest absolute Gasteiger partial charge is 0.388 e. The molecule has 0 spiro atoms. The van der Waals surface area contributed by atoms with Gasteiger partial charge in [-0.15, -0.1) is 0 Å². The Bertz CT molecular complexity index is 842. The minimum absolute atomic E-state index is 0.0694. The molecule has 1 N–H and O–H groups in total. The monoisotopic (exact) mass is 363 g/mol. The van der Waals surface area contributed by atoms with E-state index in [1.807, 2.05) is 0 Å². The molecule has 4 rings (SSSR count). The van der Waals surface area contributed by atoms with Gasteiger partial charge in [-0.3, -0.25) is 4.58 Å². The smallest absolute Gasteiger partial charge is 0.240 e. The van der Waals surface area contributed by atoms with E-state index in [4.69, 9.17) is 0 Å². The van der Waals surface area contributed by atoms with E-state index in [2.05, 4.69) is 86.0 Å². The molecule has 0 aromatic heterocycles. The number of aliphatic hydroxyl groups excluding tert-OH is 1. The van der Waals surface area contributed by atoms with Crippen molar-refractivity contribution in [1.82, 2.24) is 0 Å². The molecule has 3 heteroatoms. The normalized spacial score (nSPS) is 21.9. The molecule has 0 bridgehead atoms. The zero-order valence-electron chi connectivity index (χ0n) is 16.9. The lowest BCUT2D eigenvalue weighted by molar-refractivity contribution is -0.568. The average Bonchev–Trinajstić information content (AvgIpc) is 3.24. The summed E-state index contributed by atoms with van der Waals surface area (Å²) >= 11 is 0. The highest BCUT2D eigenvalue weighted by Crippen LogP contribution is 2.38. The molecule has 27 heavy (non-hydrogen) atoms. The minimum atomic E-state index is -0.330. The van der Waals surface area contributed by atoms with Gasteiger partial charge in [0.15, 0.2) is 0 Å². The van der Waals surface area contributed by atoms with Gasteiger partial charge in [0, 0.05) is 23.1 Å². The molecule has 2 atom stereocenters. The highest BCUT2D eigenvalue weighted by Gasteiger charge is 2.39. The zero-order chi connectivity index (χ0) is 19.1. The fraction of sp³-hybridized carbons (Fsp3) is 0.458. The summed E-state index contributed by atoms with van der Waals surface area (Å²) < 4.78 is 2.34. The summed E-state index contributed by atoms with van der Waals surface area (Å²) in [5.41, 5.74) is 6.75. The quantitative estimate of drug-likeness (QED) is 0.812. The van der Waals surface area contributed by atoms with E-state index in [1.165, 1.54) is 27.9 Å². The van der Waals surface area contributed by atoms with Crippen LogP contribution in [-0.2, 0) is 6.42 Å². The fourth-order valence-corrected chi connectivity index (χ4v) is 4.69. The van der Waals surface area contributed by atoms with E-state index < -0.39 is 0 Å². The van der Waals surface area contributed by atoms with Crippen LogP contribution in [0.2, 0.25) is 0 Å². The van der Waals surface area contributed by atoms with Gasteiger partial charge in [0.25, 0.3) is 0 Å². The second-order valence-corrected chi connectivity index (χ2v) is 8.56. The van der Waals surface area contributed by atoms with Crippen molar-refractivity contribution < 1.29 is 9.68 Å². The van der Waals surface area contributed by atoms with E-state index in [0.29, 0.717) is 11.8 Å². The molecule has 0 fully saturated rings. The lowest BCUT2D eigenvalue weighted by Crippen LogP contribution is -2.26. The van der Waals surface area contributed by atoms with Crippen LogP contribution < -0.4 is 4.90 Å². The van der Waals surface area contributed by atoms with Crippen LogP contribution in [0.15, 0.2) is 42.5 Å². The zero-order valence-corrected chi connectivity index (χ0v) is 16.9. The number of rotatable bonds is 4. The third-order valence-electron chi connectivity index (χ3n) is 6.04. The number of hydrogen-bond donors (Lipinski definition) is 1. The van der Waals surface area contributed by atoms with Gasteiger partial charge in [-0.2, -0.15) is 0 Å². The van der Waals surface area contributed by atoms with Crippen LogP contribution in [0, 0.1) is 0 Å². The maximum Gasteiger partial charge on any atom is 0.240 e. The Hall–Kier alpha value is -2.13. The Labute approximate surface area is 163 Å². The molecule has 0 unspecified atom stereocenters. The Morgan fingerprint density at radius 2 is 1.63 bits per heavy atom. The van der Waals surface area contributed by atoms with Gasteiger partial charge in [-0.1, -0.05) is 70.2 Å². The van der Waals surface area contributed by atoms with Crippen LogP contribution in [0.3, 0.4) is 0 Å². The molecule has 0 amide bonds. The van der Waals surface area contributed by atoms with E-state index in [9.17, 15) is 5.11 Å². The van der Waals surface area contributed by atoms with Crippen molar-refractivity contribution >= 4 is 12.0 Å². The van der Waals surface area contributed by atoms with Gasteiger partial charge in [0.1, 0.15) is 30.9 Å². The van der Waals surface area contributed by atoms with Crippen LogP contribution in [-0.4, -0.2) is 35.2 Å². The van der Waals surface area contributed by atoms with Crippen LogP contribution in [0.1, 0.15) is 67.8 Å². The summed E-state index contributed by atoms with van der Waals surface area (Å²) in [6.45, 7) is 11.0. The highest BCUT2D eigenvalue weighted by molar-refractivity contribution is 5.81. The van der Waals surface area contributed by atoms with Gasteiger partial charge < -0.3 is 5.11 Å². The molecule has 142 valence electrons. The number of anilines is 1. The predicted octanol–water partition coefficient (Wildman–Crippen LogP) is 4.45. The lowest BCUT2D eigenvalue weighted by atomic mass is 9.92. The van der Waals surface area contributed by atoms with E-state index in [1.54, 1.807) is 0 Å². The number of hydrogen-bond acceptors (Lipinski definition) is 2. The second kappa shape index (κ2) is 7.12. The standard InChI is InChI=1S/C24H31N2O/c1-16(2)19-10-7-11-20(17(3)4)23(19)25-12-13-26(15-25)24-21-9-6-5-8-18(21)14-22(24)27/h5-11,15-17,22,24,27H,12-14H2,1-4H3/q+1/t22-,24-/m0/s1. The summed E-state index contributed by atoms with van der Waals surface area (Å²) in [5, 5.41) is 10.7. The molecular formula is C24H31N2O+. The van der Waals surface area contributed by atoms with E-state index in [0.717, 1.165) is 19.5 Å². The van der Waals surface area contributed by atoms with Crippen molar-refractivity contribution in [2.75, 3.05) is 18.0 Å². The molecule has 3 nitrogen and oxygen atoms in total. The predicted molar refractivity (Wildman–Crippen MR) is 112 cm³/mol. The van der Waals surface area contributed by atoms with Crippen molar-refractivity contribution in [3.8, 4) is 0 Å². The third kappa shape index (κ3) is 3.19. The average molecular weight is 364 g/mol. The molecular weight excluding hydrogens is 332 g/mol. The van der Waals surface area contributed by atoms with Crippen molar-refractivity contribution in [1.29, 1.82) is 0 Å². The number of fused-ring (bicyclic) bond motifs is 1. The fourth-order valence-electron chi connectivity index (χ4n) is 4.69. The number of benzene rings is 2. The Morgan fingerprint density at radius 3 is 2.30 bits per heavy atom. The van der Waals surface area contributed by atoms with Crippen molar-refractivity contribution in [2.45, 2.75) is 58.1 Å². The number of aliphatic hydroxyl groups is 1. The highest BCUT2D eigenvalue weighted by atomic mass is 16.3. The number of para-hydroxylation sites is 1. The first-order chi connectivity index (χ1) is 13.0. The molecule has 0 saturated heterocycles. The first-order valence-corrected chi connectivity index (χ1v) is 10.2. The van der Waals surface area contributed by atoms with Crippen molar-refractivity contribution in [3.63, 3.8) is 0 Å². The summed E-state index contributed by atoms with van der Waals surface area (Å²) in [7, 11) is 0. The Kier molecular flexibility index (Phi) is 4.81. The first kappa shape index (κ1) is 18.2. The molecule has 2 aromatic carbocycles. The summed E-state index contributed by atoms with van der Waals surface area (Å²) in [6, 6.07) is 15.3. The SMILES string of the molecule is CC(C)c1cccc(C(C)C)c1N1C=[N+]([C@H]2c3ccccc3C[C@@H]2O)CC1. The summed E-state index contributed by atoms with van der Waals surface area (Å²) in [6.07, 6.45) is 2.68. The van der Waals surface area contributed by atoms with Gasteiger partial charge in [0.05, 0.1) is 0 Å². The van der Waals surface area contributed by atoms with E-state index >= 15 is 0 Å². The molecule has 0 radical (unpaired) electrons. The van der Waals surface area contributed by atoms with Crippen LogP contribution in [0.4, 0.5) is 5.69 Å². The van der Waals surface area contributed by atoms with Crippen LogP contribution >= 0.6 is 0 Å². The summed E-state index contributed by atoms with van der Waals surface area (Å²) in [4.78, 5) is 2.42. The van der Waals surface area contributed by atoms with Gasteiger partial charge in [-0.25, -0.2) is 4.90 Å². The minimum Gasteiger partial charge on any atom is -0.388 e. The van der Waals surface area contributed by atoms with Gasteiger partial charge in [-0.05, 0) is 17.4 Å². The lowest BCUT2D eigenvalue weighted by Gasteiger charge is -2.20. The molecule has 0 saturated carbocycles.